The predicted octanol–water partition coefficient (Wildman–Crippen LogP) is 1.68. The SMILES string of the molecule is CC(C)NC(COC(C)C(C)C)(C(N)=O)C1CC1. The second-order valence-corrected chi connectivity index (χ2v) is 6.17. The fraction of sp³-hybridized carbons (Fsp3) is 0.929. The molecule has 2 unspecified atom stereocenters. The summed E-state index contributed by atoms with van der Waals surface area (Å²) in [6.45, 7) is 10.7. The molecule has 4 nitrogen and oxygen atoms in total. The van der Waals surface area contributed by atoms with Crippen LogP contribution in [0.25, 0.3) is 0 Å². The minimum Gasteiger partial charge on any atom is -0.376 e. The van der Waals surface area contributed by atoms with Crippen LogP contribution < -0.4 is 11.1 Å². The fourth-order valence-corrected chi connectivity index (χ4v) is 2.17. The smallest absolute Gasteiger partial charge is 0.240 e. The third kappa shape index (κ3) is 3.69. The number of carbonyl (C=O) groups is 1. The van der Waals surface area contributed by atoms with E-state index in [9.17, 15) is 4.79 Å². The maximum atomic E-state index is 11.9. The molecule has 1 rings (SSSR count). The van der Waals surface area contributed by atoms with E-state index in [0.717, 1.165) is 12.8 Å². The molecule has 3 N–H and O–H groups in total. The highest BCUT2D eigenvalue weighted by Crippen LogP contribution is 2.40. The van der Waals surface area contributed by atoms with Crippen molar-refractivity contribution in [2.45, 2.75) is 65.1 Å². The zero-order valence-corrected chi connectivity index (χ0v) is 12.3. The Morgan fingerprint density at radius 3 is 2.22 bits per heavy atom. The van der Waals surface area contributed by atoms with E-state index >= 15 is 0 Å². The Balaban J connectivity index is 2.73. The molecule has 1 aliphatic rings. The number of primary amides is 1. The van der Waals surface area contributed by atoms with Crippen molar-refractivity contribution in [2.24, 2.45) is 17.6 Å². The van der Waals surface area contributed by atoms with Crippen LogP contribution in [0.2, 0.25) is 0 Å². The molecule has 0 radical (unpaired) electrons. The molecule has 1 fully saturated rings. The molecule has 18 heavy (non-hydrogen) atoms. The molecule has 0 aromatic carbocycles. The summed E-state index contributed by atoms with van der Waals surface area (Å²) < 4.78 is 5.87. The summed E-state index contributed by atoms with van der Waals surface area (Å²) in [7, 11) is 0. The highest BCUT2D eigenvalue weighted by Gasteiger charge is 2.50. The van der Waals surface area contributed by atoms with Crippen molar-refractivity contribution in [1.29, 1.82) is 0 Å². The quantitative estimate of drug-likeness (QED) is 0.694. The molecule has 0 heterocycles. The summed E-state index contributed by atoms with van der Waals surface area (Å²) in [4.78, 5) is 11.9. The number of carbonyl (C=O) groups excluding carboxylic acids is 1. The van der Waals surface area contributed by atoms with Gasteiger partial charge in [-0.15, -0.1) is 0 Å². The first-order valence-electron chi connectivity index (χ1n) is 6.98. The van der Waals surface area contributed by atoms with E-state index in [0.29, 0.717) is 18.4 Å². The lowest BCUT2D eigenvalue weighted by atomic mass is 9.92. The van der Waals surface area contributed by atoms with Gasteiger partial charge in [-0.05, 0) is 45.4 Å². The van der Waals surface area contributed by atoms with Crippen LogP contribution >= 0.6 is 0 Å². The Bertz CT molecular complexity index is 288. The largest absolute Gasteiger partial charge is 0.376 e. The summed E-state index contributed by atoms with van der Waals surface area (Å²) in [5.74, 6) is 0.486. The zero-order chi connectivity index (χ0) is 13.9. The average Bonchev–Trinajstić information content (AvgIpc) is 3.06. The molecular weight excluding hydrogens is 228 g/mol. The van der Waals surface area contributed by atoms with Gasteiger partial charge in [0.1, 0.15) is 5.54 Å². The molecule has 4 heteroatoms. The molecule has 1 saturated carbocycles. The monoisotopic (exact) mass is 256 g/mol. The maximum absolute atomic E-state index is 11.9. The van der Waals surface area contributed by atoms with E-state index in [4.69, 9.17) is 10.5 Å². The Morgan fingerprint density at radius 1 is 1.33 bits per heavy atom. The van der Waals surface area contributed by atoms with Crippen molar-refractivity contribution in [1.82, 2.24) is 5.32 Å². The molecule has 106 valence electrons. The van der Waals surface area contributed by atoms with Crippen molar-refractivity contribution in [3.8, 4) is 0 Å². The number of hydrogen-bond acceptors (Lipinski definition) is 3. The second-order valence-electron chi connectivity index (χ2n) is 6.17. The van der Waals surface area contributed by atoms with Crippen LogP contribution in [0, 0.1) is 11.8 Å². The van der Waals surface area contributed by atoms with Gasteiger partial charge in [-0.25, -0.2) is 0 Å². The Kier molecular flexibility index (Phi) is 5.17. The second kappa shape index (κ2) is 6.02. The Morgan fingerprint density at radius 2 is 1.89 bits per heavy atom. The number of amides is 1. The van der Waals surface area contributed by atoms with Gasteiger partial charge in [0.25, 0.3) is 0 Å². The van der Waals surface area contributed by atoms with Gasteiger partial charge in [0.2, 0.25) is 5.91 Å². The highest BCUT2D eigenvalue weighted by atomic mass is 16.5. The van der Waals surface area contributed by atoms with E-state index < -0.39 is 5.54 Å². The lowest BCUT2D eigenvalue weighted by Gasteiger charge is -2.35. The van der Waals surface area contributed by atoms with Gasteiger partial charge in [-0.2, -0.15) is 0 Å². The minimum atomic E-state index is -0.683. The molecule has 0 aromatic heterocycles. The van der Waals surface area contributed by atoms with Gasteiger partial charge in [0.05, 0.1) is 12.7 Å². The van der Waals surface area contributed by atoms with E-state index in [1.807, 2.05) is 20.8 Å². The normalized spacial score (nSPS) is 21.1. The maximum Gasteiger partial charge on any atom is 0.240 e. The van der Waals surface area contributed by atoms with E-state index in [1.165, 1.54) is 0 Å². The fourth-order valence-electron chi connectivity index (χ4n) is 2.17. The zero-order valence-electron chi connectivity index (χ0n) is 12.3. The lowest BCUT2D eigenvalue weighted by Crippen LogP contribution is -2.62. The molecule has 1 aliphatic carbocycles. The number of ether oxygens (including phenoxy) is 1. The van der Waals surface area contributed by atoms with Crippen LogP contribution in [0.3, 0.4) is 0 Å². The molecule has 0 spiro atoms. The van der Waals surface area contributed by atoms with E-state index in [2.05, 4.69) is 19.2 Å². The van der Waals surface area contributed by atoms with Crippen molar-refractivity contribution in [3.63, 3.8) is 0 Å². The first-order valence-corrected chi connectivity index (χ1v) is 6.98. The predicted molar refractivity (Wildman–Crippen MR) is 73.2 cm³/mol. The lowest BCUT2D eigenvalue weighted by molar-refractivity contribution is -0.130. The number of hydrogen-bond donors (Lipinski definition) is 2. The van der Waals surface area contributed by atoms with Crippen molar-refractivity contribution >= 4 is 5.91 Å². The summed E-state index contributed by atoms with van der Waals surface area (Å²) in [5.41, 5.74) is 4.96. The molecule has 0 bridgehead atoms. The minimum absolute atomic E-state index is 0.136. The van der Waals surface area contributed by atoms with E-state index in [1.54, 1.807) is 0 Å². The Labute approximate surface area is 111 Å². The molecule has 0 aliphatic heterocycles. The van der Waals surface area contributed by atoms with Gasteiger partial charge in [-0.3, -0.25) is 10.1 Å². The first-order chi connectivity index (χ1) is 8.29. The van der Waals surface area contributed by atoms with Gasteiger partial charge >= 0.3 is 0 Å². The highest BCUT2D eigenvalue weighted by molar-refractivity contribution is 5.85. The number of nitrogens with one attached hydrogen (secondary N) is 1. The molecule has 0 aromatic rings. The molecule has 1 amide bonds. The van der Waals surface area contributed by atoms with Crippen LogP contribution in [0.5, 0.6) is 0 Å². The topological polar surface area (TPSA) is 64.3 Å². The van der Waals surface area contributed by atoms with Crippen LogP contribution in [0.1, 0.15) is 47.5 Å². The van der Waals surface area contributed by atoms with Gasteiger partial charge in [0, 0.05) is 6.04 Å². The molecular formula is C14H28N2O2. The van der Waals surface area contributed by atoms with Crippen LogP contribution in [0.15, 0.2) is 0 Å². The van der Waals surface area contributed by atoms with Crippen LogP contribution in [-0.2, 0) is 9.53 Å². The van der Waals surface area contributed by atoms with Crippen molar-refractivity contribution in [3.05, 3.63) is 0 Å². The summed E-state index contributed by atoms with van der Waals surface area (Å²) in [6, 6.07) is 0.219. The van der Waals surface area contributed by atoms with Gasteiger partial charge in [-0.1, -0.05) is 13.8 Å². The van der Waals surface area contributed by atoms with Crippen LogP contribution in [0.4, 0.5) is 0 Å². The molecule has 2 atom stereocenters. The van der Waals surface area contributed by atoms with Crippen molar-refractivity contribution < 1.29 is 9.53 Å². The first kappa shape index (κ1) is 15.4. The molecule has 0 saturated heterocycles. The number of nitrogens with two attached hydrogens (primary N) is 1. The summed E-state index contributed by atoms with van der Waals surface area (Å²) in [5, 5.41) is 3.35. The summed E-state index contributed by atoms with van der Waals surface area (Å²) in [6.07, 6.45) is 2.25. The van der Waals surface area contributed by atoms with E-state index in [-0.39, 0.29) is 18.1 Å². The van der Waals surface area contributed by atoms with Crippen molar-refractivity contribution in [2.75, 3.05) is 6.61 Å². The van der Waals surface area contributed by atoms with Crippen LogP contribution in [-0.4, -0.2) is 30.2 Å². The van der Waals surface area contributed by atoms with Gasteiger partial charge in [0.15, 0.2) is 0 Å². The number of rotatable bonds is 8. The average molecular weight is 256 g/mol. The Hall–Kier alpha value is -0.610. The third-order valence-corrected chi connectivity index (χ3v) is 3.77. The van der Waals surface area contributed by atoms with Gasteiger partial charge < -0.3 is 10.5 Å². The third-order valence-electron chi connectivity index (χ3n) is 3.77. The standard InChI is InChI=1S/C14H28N2O2/c1-9(2)11(5)18-8-14(13(15)17,12-6-7-12)16-10(3)4/h9-12,16H,6-8H2,1-5H3,(H2,15,17). The summed E-state index contributed by atoms with van der Waals surface area (Å²) >= 11 is 0.